The highest BCUT2D eigenvalue weighted by molar-refractivity contribution is 7.98. The van der Waals surface area contributed by atoms with Crippen molar-refractivity contribution in [3.05, 3.63) is 76.1 Å². The maximum atomic E-state index is 12.3. The molecule has 0 unspecified atom stereocenters. The largest absolute Gasteiger partial charge is 0.357 e. The lowest BCUT2D eigenvalue weighted by Crippen LogP contribution is -2.04. The standard InChI is InChI=1S/C19H16N4OS/c1-12-7-8-16-15(9-12)17(24)10-14(20-16)11-25-19-21-18(22-23-19)13-5-3-2-4-6-13/h2-10H,11H2,1H3,(H,20,24)(H,21,22,23). The lowest BCUT2D eigenvalue weighted by atomic mass is 10.1. The van der Waals surface area contributed by atoms with Crippen LogP contribution in [-0.2, 0) is 5.75 Å². The van der Waals surface area contributed by atoms with Crippen molar-refractivity contribution in [3.63, 3.8) is 0 Å². The van der Waals surface area contributed by atoms with Crippen LogP contribution in [0.5, 0.6) is 0 Å². The molecule has 0 radical (unpaired) electrons. The molecule has 0 saturated heterocycles. The SMILES string of the molecule is Cc1ccc2[nH]c(CSc3n[nH]c(-c4ccccc4)n3)cc(=O)c2c1. The number of hydrogen-bond acceptors (Lipinski definition) is 4. The van der Waals surface area contributed by atoms with E-state index < -0.39 is 0 Å². The minimum Gasteiger partial charge on any atom is -0.357 e. The molecule has 6 heteroatoms. The second-order valence-electron chi connectivity index (χ2n) is 5.83. The van der Waals surface area contributed by atoms with Crippen molar-refractivity contribution in [1.82, 2.24) is 20.2 Å². The van der Waals surface area contributed by atoms with Crippen LogP contribution >= 0.6 is 11.8 Å². The van der Waals surface area contributed by atoms with E-state index in [4.69, 9.17) is 0 Å². The Morgan fingerprint density at radius 1 is 1.08 bits per heavy atom. The van der Waals surface area contributed by atoms with Crippen molar-refractivity contribution in [2.24, 2.45) is 0 Å². The van der Waals surface area contributed by atoms with Crippen LogP contribution in [0.25, 0.3) is 22.3 Å². The van der Waals surface area contributed by atoms with Crippen LogP contribution in [0.4, 0.5) is 0 Å². The van der Waals surface area contributed by atoms with Gasteiger partial charge in [-0.3, -0.25) is 9.89 Å². The van der Waals surface area contributed by atoms with Gasteiger partial charge in [0.1, 0.15) is 0 Å². The summed E-state index contributed by atoms with van der Waals surface area (Å²) >= 11 is 1.49. The lowest BCUT2D eigenvalue weighted by Gasteiger charge is -2.04. The van der Waals surface area contributed by atoms with Crippen molar-refractivity contribution >= 4 is 22.7 Å². The summed E-state index contributed by atoms with van der Waals surface area (Å²) in [5.41, 5.74) is 3.82. The van der Waals surface area contributed by atoms with Gasteiger partial charge in [0.25, 0.3) is 0 Å². The van der Waals surface area contributed by atoms with Gasteiger partial charge in [-0.1, -0.05) is 53.7 Å². The van der Waals surface area contributed by atoms with Gasteiger partial charge >= 0.3 is 0 Å². The molecule has 0 aliphatic carbocycles. The molecule has 2 aromatic carbocycles. The second-order valence-corrected chi connectivity index (χ2v) is 6.77. The van der Waals surface area contributed by atoms with Crippen LogP contribution in [0.15, 0.2) is 64.5 Å². The maximum Gasteiger partial charge on any atom is 0.209 e. The van der Waals surface area contributed by atoms with E-state index in [1.165, 1.54) is 11.8 Å². The van der Waals surface area contributed by atoms with Gasteiger partial charge in [0.2, 0.25) is 5.16 Å². The van der Waals surface area contributed by atoms with E-state index in [0.717, 1.165) is 33.5 Å². The molecule has 0 atom stereocenters. The predicted molar refractivity (Wildman–Crippen MR) is 101 cm³/mol. The van der Waals surface area contributed by atoms with E-state index in [2.05, 4.69) is 20.2 Å². The zero-order chi connectivity index (χ0) is 17.2. The first kappa shape index (κ1) is 15.7. The summed E-state index contributed by atoms with van der Waals surface area (Å²) in [6.45, 7) is 1.98. The third kappa shape index (κ3) is 3.34. The summed E-state index contributed by atoms with van der Waals surface area (Å²) < 4.78 is 0. The van der Waals surface area contributed by atoms with E-state index in [1.54, 1.807) is 6.07 Å². The Labute approximate surface area is 148 Å². The number of H-pyrrole nitrogens is 2. The van der Waals surface area contributed by atoms with Crippen LogP contribution in [0, 0.1) is 6.92 Å². The Bertz CT molecular complexity index is 1090. The Hall–Kier alpha value is -2.86. The molecular formula is C19H16N4OS. The van der Waals surface area contributed by atoms with E-state index in [9.17, 15) is 4.79 Å². The van der Waals surface area contributed by atoms with Crippen LogP contribution in [0.3, 0.4) is 0 Å². The van der Waals surface area contributed by atoms with Crippen molar-refractivity contribution in [3.8, 4) is 11.4 Å². The van der Waals surface area contributed by atoms with E-state index >= 15 is 0 Å². The van der Waals surface area contributed by atoms with Crippen LogP contribution < -0.4 is 5.43 Å². The highest BCUT2D eigenvalue weighted by Crippen LogP contribution is 2.22. The number of hydrogen-bond donors (Lipinski definition) is 2. The van der Waals surface area contributed by atoms with Crippen molar-refractivity contribution in [1.29, 1.82) is 0 Å². The van der Waals surface area contributed by atoms with Crippen LogP contribution in [-0.4, -0.2) is 20.2 Å². The minimum absolute atomic E-state index is 0.0352. The fourth-order valence-electron chi connectivity index (χ4n) is 2.67. The van der Waals surface area contributed by atoms with Gasteiger partial charge in [0.15, 0.2) is 11.3 Å². The number of pyridine rings is 1. The minimum atomic E-state index is 0.0352. The first-order valence-electron chi connectivity index (χ1n) is 7.92. The molecule has 2 aromatic heterocycles. The molecule has 0 saturated carbocycles. The third-order valence-corrected chi connectivity index (χ3v) is 4.81. The van der Waals surface area contributed by atoms with Crippen LogP contribution in [0.1, 0.15) is 11.3 Å². The van der Waals surface area contributed by atoms with Crippen molar-refractivity contribution in [2.75, 3.05) is 0 Å². The number of aromatic nitrogens is 4. The smallest absolute Gasteiger partial charge is 0.209 e. The monoisotopic (exact) mass is 348 g/mol. The molecule has 0 aliphatic rings. The van der Waals surface area contributed by atoms with Gasteiger partial charge in [0.05, 0.1) is 0 Å². The number of benzene rings is 2. The van der Waals surface area contributed by atoms with Gasteiger partial charge < -0.3 is 4.98 Å². The normalized spacial score (nSPS) is 11.1. The quantitative estimate of drug-likeness (QED) is 0.548. The lowest BCUT2D eigenvalue weighted by molar-refractivity contribution is 0.972. The first-order chi connectivity index (χ1) is 12.2. The number of aryl methyl sites for hydroxylation is 1. The number of thioether (sulfide) groups is 1. The fraction of sp³-hybridized carbons (Fsp3) is 0.105. The molecule has 0 spiro atoms. The van der Waals surface area contributed by atoms with Gasteiger partial charge in [-0.2, -0.15) is 0 Å². The Morgan fingerprint density at radius 3 is 2.76 bits per heavy atom. The molecule has 0 fully saturated rings. The topological polar surface area (TPSA) is 74.4 Å². The highest BCUT2D eigenvalue weighted by Gasteiger charge is 2.08. The van der Waals surface area contributed by atoms with E-state index in [0.29, 0.717) is 10.9 Å². The molecule has 0 amide bonds. The number of aromatic amines is 2. The van der Waals surface area contributed by atoms with Gasteiger partial charge in [-0.25, -0.2) is 4.98 Å². The summed E-state index contributed by atoms with van der Waals surface area (Å²) in [5.74, 6) is 1.34. The molecule has 4 aromatic rings. The molecule has 2 N–H and O–H groups in total. The molecule has 124 valence electrons. The van der Waals surface area contributed by atoms with Gasteiger partial charge in [-0.05, 0) is 19.1 Å². The zero-order valence-electron chi connectivity index (χ0n) is 13.6. The fourth-order valence-corrected chi connectivity index (χ4v) is 3.38. The maximum absolute atomic E-state index is 12.3. The van der Waals surface area contributed by atoms with E-state index in [-0.39, 0.29) is 5.43 Å². The molecule has 0 bridgehead atoms. The van der Waals surface area contributed by atoms with E-state index in [1.807, 2.05) is 55.5 Å². The van der Waals surface area contributed by atoms with Gasteiger partial charge in [-0.15, -0.1) is 5.10 Å². The molecule has 4 rings (SSSR count). The third-order valence-electron chi connectivity index (χ3n) is 3.91. The molecule has 2 heterocycles. The number of nitrogens with one attached hydrogen (secondary N) is 2. The summed E-state index contributed by atoms with van der Waals surface area (Å²) in [7, 11) is 0. The number of nitrogens with zero attached hydrogens (tertiary/aromatic N) is 2. The highest BCUT2D eigenvalue weighted by atomic mass is 32.2. The summed E-state index contributed by atoms with van der Waals surface area (Å²) in [6.07, 6.45) is 0. The molecule has 0 aliphatic heterocycles. The summed E-state index contributed by atoms with van der Waals surface area (Å²) in [4.78, 5) is 20.1. The van der Waals surface area contributed by atoms with Crippen molar-refractivity contribution < 1.29 is 0 Å². The van der Waals surface area contributed by atoms with Crippen molar-refractivity contribution in [2.45, 2.75) is 17.8 Å². The Balaban J connectivity index is 1.54. The summed E-state index contributed by atoms with van der Waals surface area (Å²) in [6, 6.07) is 17.4. The van der Waals surface area contributed by atoms with Gasteiger partial charge in [0, 0.05) is 34.0 Å². The predicted octanol–water partition coefficient (Wildman–Crippen LogP) is 3.91. The number of fused-ring (bicyclic) bond motifs is 1. The Kier molecular flexibility index (Phi) is 4.11. The molecule has 5 nitrogen and oxygen atoms in total. The molecular weight excluding hydrogens is 332 g/mol. The Morgan fingerprint density at radius 2 is 1.92 bits per heavy atom. The van der Waals surface area contributed by atoms with Crippen LogP contribution in [0.2, 0.25) is 0 Å². The second kappa shape index (κ2) is 6.57. The number of rotatable bonds is 4. The average Bonchev–Trinajstić information content (AvgIpc) is 3.10. The summed E-state index contributed by atoms with van der Waals surface area (Å²) in [5, 5.41) is 8.57. The first-order valence-corrected chi connectivity index (χ1v) is 8.91. The average molecular weight is 348 g/mol. The zero-order valence-corrected chi connectivity index (χ0v) is 14.4. The molecule has 25 heavy (non-hydrogen) atoms.